The van der Waals surface area contributed by atoms with Gasteiger partial charge in [-0.25, -0.2) is 4.98 Å². The number of aliphatic carboxylic acids is 1. The van der Waals surface area contributed by atoms with E-state index in [0.717, 1.165) is 58.0 Å². The average molecular weight is 565 g/mol. The maximum atomic E-state index is 13.2. The van der Waals surface area contributed by atoms with Crippen molar-refractivity contribution in [3.63, 3.8) is 0 Å². The number of carbonyl (C=O) groups is 2. The second kappa shape index (κ2) is 11.5. The van der Waals surface area contributed by atoms with Crippen molar-refractivity contribution in [2.24, 2.45) is 7.05 Å². The predicted octanol–water partition coefficient (Wildman–Crippen LogP) is 4.64. The number of anilines is 1. The van der Waals surface area contributed by atoms with Crippen molar-refractivity contribution < 1.29 is 19.4 Å². The Labute approximate surface area is 242 Å². The number of carboxylic acids is 1. The van der Waals surface area contributed by atoms with Crippen LogP contribution >= 0.6 is 0 Å². The summed E-state index contributed by atoms with van der Waals surface area (Å²) in [4.78, 5) is 28.5. The van der Waals surface area contributed by atoms with Crippen LogP contribution in [0.2, 0.25) is 0 Å². The fourth-order valence-corrected chi connectivity index (χ4v) is 5.58. The molecule has 0 spiro atoms. The highest BCUT2D eigenvalue weighted by Crippen LogP contribution is 2.28. The molecule has 1 saturated carbocycles. The minimum Gasteiger partial charge on any atom is -0.480 e. The Hall–Kier alpha value is -4.96. The van der Waals surface area contributed by atoms with Gasteiger partial charge in [0.1, 0.15) is 12.4 Å². The molecule has 10 nitrogen and oxygen atoms in total. The first-order chi connectivity index (χ1) is 20.3. The number of carboxylic acid groups (broad SMARTS) is 1. The van der Waals surface area contributed by atoms with Crippen LogP contribution in [0, 0.1) is 0 Å². The molecule has 2 aromatic carbocycles. The number of nitrogens with one attached hydrogen (secondary N) is 1. The van der Waals surface area contributed by atoms with Crippen LogP contribution in [0.25, 0.3) is 33.2 Å². The summed E-state index contributed by atoms with van der Waals surface area (Å²) in [6, 6.07) is 17.8. The molecule has 3 aromatic heterocycles. The number of hydrogen-bond acceptors (Lipinski definition) is 6. The maximum Gasteiger partial charge on any atom is 0.323 e. The number of hydrogen-bond donors (Lipinski definition) is 3. The number of nitrogens with zero attached hydrogens (tertiary/aromatic N) is 4. The number of fused-ring (bicyclic) bond motifs is 1. The number of rotatable bonds is 9. The van der Waals surface area contributed by atoms with Gasteiger partial charge in [0.15, 0.2) is 0 Å². The summed E-state index contributed by atoms with van der Waals surface area (Å²) in [6.07, 6.45) is 9.61. The van der Waals surface area contributed by atoms with Gasteiger partial charge in [-0.2, -0.15) is 5.10 Å². The molecular formula is C32H32N6O4. The lowest BCUT2D eigenvalue weighted by atomic mass is 10.0. The zero-order valence-electron chi connectivity index (χ0n) is 23.2. The number of nitrogen functional groups attached to an aromatic ring is 1. The zero-order chi connectivity index (χ0) is 29.2. The molecule has 0 saturated heterocycles. The molecule has 0 aliphatic heterocycles. The second-order valence-corrected chi connectivity index (χ2v) is 10.7. The van der Waals surface area contributed by atoms with Gasteiger partial charge in [-0.1, -0.05) is 30.3 Å². The summed E-state index contributed by atoms with van der Waals surface area (Å²) >= 11 is 0. The standard InChI is InChI=1S/C32H32N6O4/c1-37-17-25(16-35-37)24-14-26(31(33)34-15-24)32(41)36-27-3-2-4-29(27)42-19-20-5-7-21(8-6-20)22-9-10-28-23(13-22)11-12-38(28)18-30(39)40/h5-17,27,29H,2-4,18-19H2,1H3,(H2,33,34)(H,36,41)(H,39,40)/t27-,29-/m0/s1. The fourth-order valence-electron chi connectivity index (χ4n) is 5.58. The number of pyridine rings is 1. The first-order valence-electron chi connectivity index (χ1n) is 13.9. The molecule has 42 heavy (non-hydrogen) atoms. The smallest absolute Gasteiger partial charge is 0.323 e. The third-order valence-electron chi connectivity index (χ3n) is 7.80. The number of amides is 1. The lowest BCUT2D eigenvalue weighted by molar-refractivity contribution is -0.137. The molecule has 1 amide bonds. The van der Waals surface area contributed by atoms with Crippen LogP contribution in [0.1, 0.15) is 35.2 Å². The Morgan fingerprint density at radius 3 is 2.60 bits per heavy atom. The summed E-state index contributed by atoms with van der Waals surface area (Å²) in [5.74, 6) is -0.937. The molecule has 6 rings (SSSR count). The number of nitrogens with two attached hydrogens (primary N) is 1. The minimum absolute atomic E-state index is 0.0618. The molecule has 1 fully saturated rings. The van der Waals surface area contributed by atoms with Crippen molar-refractivity contribution in [2.75, 3.05) is 5.73 Å². The van der Waals surface area contributed by atoms with Crippen molar-refractivity contribution >= 4 is 28.6 Å². The number of carbonyl (C=O) groups excluding carboxylic acids is 1. The summed E-state index contributed by atoms with van der Waals surface area (Å²) < 4.78 is 9.70. The highest BCUT2D eigenvalue weighted by molar-refractivity contribution is 5.99. The van der Waals surface area contributed by atoms with Gasteiger partial charge in [0.2, 0.25) is 0 Å². The molecule has 0 unspecified atom stereocenters. The Kier molecular flexibility index (Phi) is 7.45. The number of benzene rings is 2. The lowest BCUT2D eigenvalue weighted by Gasteiger charge is -2.22. The average Bonchev–Trinajstić information content (AvgIpc) is 3.72. The Bertz CT molecular complexity index is 1760. The molecule has 0 bridgehead atoms. The van der Waals surface area contributed by atoms with Gasteiger partial charge in [0, 0.05) is 47.7 Å². The van der Waals surface area contributed by atoms with Crippen LogP contribution in [0.15, 0.2) is 79.4 Å². The predicted molar refractivity (Wildman–Crippen MR) is 160 cm³/mol. The van der Waals surface area contributed by atoms with E-state index in [1.54, 1.807) is 33.9 Å². The molecule has 4 N–H and O–H groups in total. The van der Waals surface area contributed by atoms with Gasteiger partial charge in [-0.3, -0.25) is 14.3 Å². The lowest BCUT2D eigenvalue weighted by Crippen LogP contribution is -2.41. The van der Waals surface area contributed by atoms with Gasteiger partial charge in [-0.15, -0.1) is 0 Å². The van der Waals surface area contributed by atoms with E-state index in [2.05, 4.69) is 33.6 Å². The summed E-state index contributed by atoms with van der Waals surface area (Å²) in [7, 11) is 1.84. The van der Waals surface area contributed by atoms with Crippen LogP contribution in [0.4, 0.5) is 5.82 Å². The van der Waals surface area contributed by atoms with E-state index >= 15 is 0 Å². The molecule has 214 valence electrons. The van der Waals surface area contributed by atoms with Crippen molar-refractivity contribution in [1.29, 1.82) is 0 Å². The van der Waals surface area contributed by atoms with Crippen molar-refractivity contribution in [3.8, 4) is 22.3 Å². The monoisotopic (exact) mass is 564 g/mol. The van der Waals surface area contributed by atoms with E-state index < -0.39 is 5.97 Å². The van der Waals surface area contributed by atoms with Gasteiger partial charge in [-0.05, 0) is 60.2 Å². The second-order valence-electron chi connectivity index (χ2n) is 10.7. The minimum atomic E-state index is -0.866. The molecule has 1 aliphatic rings. The van der Waals surface area contributed by atoms with Crippen LogP contribution in [-0.2, 0) is 29.7 Å². The number of ether oxygens (including phenoxy) is 1. The zero-order valence-corrected chi connectivity index (χ0v) is 23.2. The van der Waals surface area contributed by atoms with E-state index in [1.807, 2.05) is 43.6 Å². The topological polar surface area (TPSA) is 137 Å². The third kappa shape index (κ3) is 5.75. The van der Waals surface area contributed by atoms with E-state index in [0.29, 0.717) is 12.2 Å². The number of aromatic nitrogens is 4. The summed E-state index contributed by atoms with van der Waals surface area (Å²) in [6.45, 7) is 0.377. The summed E-state index contributed by atoms with van der Waals surface area (Å²) in [5.41, 5.74) is 12.1. The van der Waals surface area contributed by atoms with Gasteiger partial charge >= 0.3 is 5.97 Å². The van der Waals surface area contributed by atoms with Crippen molar-refractivity contribution in [2.45, 2.75) is 44.6 Å². The normalized spacial score (nSPS) is 16.6. The van der Waals surface area contributed by atoms with E-state index in [4.69, 9.17) is 15.6 Å². The molecule has 5 aromatic rings. The molecule has 10 heteroatoms. The Morgan fingerprint density at radius 2 is 1.83 bits per heavy atom. The van der Waals surface area contributed by atoms with E-state index in [9.17, 15) is 9.59 Å². The molecule has 1 aliphatic carbocycles. The fraction of sp³-hybridized carbons (Fsp3) is 0.250. The van der Waals surface area contributed by atoms with Gasteiger partial charge in [0.05, 0.1) is 30.5 Å². The Balaban J connectivity index is 1.08. The number of aryl methyl sites for hydroxylation is 1. The molecular weight excluding hydrogens is 532 g/mol. The first kappa shape index (κ1) is 27.2. The van der Waals surface area contributed by atoms with Crippen molar-refractivity contribution in [1.82, 2.24) is 24.6 Å². The summed E-state index contributed by atoms with van der Waals surface area (Å²) in [5, 5.41) is 17.4. The maximum absolute atomic E-state index is 13.2. The SMILES string of the molecule is Cn1cc(-c2cnc(N)c(C(=O)N[C@H]3CCC[C@@H]3OCc3ccc(-c4ccc5c(ccn5CC(=O)O)c4)cc3)c2)cn1. The van der Waals surface area contributed by atoms with Crippen LogP contribution in [0.3, 0.4) is 0 Å². The third-order valence-corrected chi connectivity index (χ3v) is 7.80. The van der Waals surface area contributed by atoms with E-state index in [1.165, 1.54) is 0 Å². The largest absolute Gasteiger partial charge is 0.480 e. The quantitative estimate of drug-likeness (QED) is 0.237. The Morgan fingerprint density at radius 1 is 1.02 bits per heavy atom. The first-order valence-corrected chi connectivity index (χ1v) is 13.9. The van der Waals surface area contributed by atoms with Gasteiger partial charge in [0.25, 0.3) is 5.91 Å². The molecule has 2 atom stereocenters. The van der Waals surface area contributed by atoms with Crippen LogP contribution in [0.5, 0.6) is 0 Å². The highest BCUT2D eigenvalue weighted by Gasteiger charge is 2.30. The van der Waals surface area contributed by atoms with Crippen LogP contribution in [-0.4, -0.2) is 48.5 Å². The molecule has 3 heterocycles. The van der Waals surface area contributed by atoms with E-state index in [-0.39, 0.29) is 30.4 Å². The highest BCUT2D eigenvalue weighted by atomic mass is 16.5. The van der Waals surface area contributed by atoms with Gasteiger partial charge < -0.3 is 25.5 Å². The van der Waals surface area contributed by atoms with Crippen molar-refractivity contribution in [3.05, 3.63) is 90.5 Å². The van der Waals surface area contributed by atoms with Crippen LogP contribution < -0.4 is 11.1 Å². The molecule has 0 radical (unpaired) electrons.